The summed E-state index contributed by atoms with van der Waals surface area (Å²) in [6.45, 7) is 0.793. The number of aliphatic carboxylic acids is 1. The van der Waals surface area contributed by atoms with Gasteiger partial charge in [0.25, 0.3) is 0 Å². The first-order valence-electron chi connectivity index (χ1n) is 8.50. The van der Waals surface area contributed by atoms with Crippen molar-refractivity contribution in [1.29, 1.82) is 5.41 Å². The van der Waals surface area contributed by atoms with E-state index in [-0.39, 0.29) is 5.84 Å². The average molecular weight is 351 g/mol. The number of nitrogen functional groups attached to an aromatic ring is 1. The van der Waals surface area contributed by atoms with Gasteiger partial charge in [0.15, 0.2) is 0 Å². The van der Waals surface area contributed by atoms with Gasteiger partial charge in [0.05, 0.1) is 0 Å². The highest BCUT2D eigenvalue weighted by molar-refractivity contribution is 6.31. The predicted octanol–water partition coefficient (Wildman–Crippen LogP) is 1.73. The van der Waals surface area contributed by atoms with Crippen molar-refractivity contribution in [2.45, 2.75) is 25.8 Å². The Labute approximate surface area is 151 Å². The maximum Gasteiger partial charge on any atom is 0.394 e. The third kappa shape index (κ3) is 3.91. The van der Waals surface area contributed by atoms with Gasteiger partial charge in [0, 0.05) is 18.7 Å². The topological polar surface area (TPSA) is 107 Å². The summed E-state index contributed by atoms with van der Waals surface area (Å²) in [5, 5.41) is 16.3. The van der Waals surface area contributed by atoms with Crippen molar-refractivity contribution in [2.75, 3.05) is 6.54 Å². The van der Waals surface area contributed by atoms with Gasteiger partial charge in [-0.1, -0.05) is 42.5 Å². The second-order valence-corrected chi connectivity index (χ2v) is 6.50. The molecule has 0 atom stereocenters. The van der Waals surface area contributed by atoms with Crippen LogP contribution in [-0.4, -0.2) is 34.3 Å². The molecular weight excluding hydrogens is 330 g/mol. The highest BCUT2D eigenvalue weighted by Crippen LogP contribution is 2.21. The lowest BCUT2D eigenvalue weighted by Gasteiger charge is -2.27. The Morgan fingerprint density at radius 1 is 1.04 bits per heavy atom. The van der Waals surface area contributed by atoms with Crippen molar-refractivity contribution in [3.05, 3.63) is 70.3 Å². The van der Waals surface area contributed by atoms with Crippen LogP contribution in [0.3, 0.4) is 0 Å². The van der Waals surface area contributed by atoms with Crippen LogP contribution in [0.25, 0.3) is 0 Å². The van der Waals surface area contributed by atoms with Gasteiger partial charge >= 0.3 is 11.9 Å². The summed E-state index contributed by atoms with van der Waals surface area (Å²) in [5.41, 5.74) is 10.8. The molecule has 2 aromatic carbocycles. The zero-order valence-electron chi connectivity index (χ0n) is 14.4. The summed E-state index contributed by atoms with van der Waals surface area (Å²) in [6, 6.07) is 13.9. The minimum atomic E-state index is -1.40. The fourth-order valence-electron chi connectivity index (χ4n) is 3.21. The first-order valence-corrected chi connectivity index (χ1v) is 8.50. The number of nitrogens with zero attached hydrogens (tertiary/aromatic N) is 1. The lowest BCUT2D eigenvalue weighted by atomic mass is 9.94. The molecule has 0 unspecified atom stereocenters. The van der Waals surface area contributed by atoms with Crippen molar-refractivity contribution >= 4 is 17.7 Å². The van der Waals surface area contributed by atoms with Crippen LogP contribution in [0.2, 0.25) is 0 Å². The molecule has 2 aromatic rings. The predicted molar refractivity (Wildman–Crippen MR) is 98.1 cm³/mol. The van der Waals surface area contributed by atoms with Gasteiger partial charge in [-0.3, -0.25) is 10.2 Å². The Morgan fingerprint density at radius 3 is 2.35 bits per heavy atom. The number of carboxylic acid groups (broad SMARTS) is 1. The Kier molecular flexibility index (Phi) is 5.02. The second kappa shape index (κ2) is 7.39. The number of rotatable bonds is 4. The van der Waals surface area contributed by atoms with E-state index in [1.54, 1.807) is 0 Å². The van der Waals surface area contributed by atoms with E-state index in [0.717, 1.165) is 24.0 Å². The number of fused-ring (bicyclic) bond motifs is 1. The van der Waals surface area contributed by atoms with Crippen LogP contribution in [0.5, 0.6) is 0 Å². The Morgan fingerprint density at radius 2 is 1.69 bits per heavy atom. The van der Waals surface area contributed by atoms with Crippen LogP contribution in [0.4, 0.5) is 0 Å². The summed E-state index contributed by atoms with van der Waals surface area (Å²) in [4.78, 5) is 23.8. The third-order valence-corrected chi connectivity index (χ3v) is 4.72. The Hall–Kier alpha value is -3.15. The van der Waals surface area contributed by atoms with E-state index < -0.39 is 11.9 Å². The zero-order chi connectivity index (χ0) is 18.7. The average Bonchev–Trinajstić information content (AvgIpc) is 2.65. The maximum atomic E-state index is 11.6. The molecule has 6 heteroatoms. The number of carboxylic acids is 1. The number of hydrogen-bond donors (Lipinski definition) is 3. The summed E-state index contributed by atoms with van der Waals surface area (Å²) in [6.07, 6.45) is 2.46. The Balaban J connectivity index is 1.64. The zero-order valence-corrected chi connectivity index (χ0v) is 14.4. The smallest absolute Gasteiger partial charge is 0.394 e. The van der Waals surface area contributed by atoms with E-state index in [0.29, 0.717) is 19.5 Å². The van der Waals surface area contributed by atoms with Gasteiger partial charge < -0.3 is 15.7 Å². The normalized spacial score (nSPS) is 13.2. The lowest BCUT2D eigenvalue weighted by Crippen LogP contribution is -2.40. The van der Waals surface area contributed by atoms with E-state index in [9.17, 15) is 9.59 Å². The van der Waals surface area contributed by atoms with Gasteiger partial charge in [-0.2, -0.15) is 0 Å². The van der Waals surface area contributed by atoms with E-state index >= 15 is 0 Å². The van der Waals surface area contributed by atoms with Crippen molar-refractivity contribution in [1.82, 2.24) is 4.90 Å². The first-order chi connectivity index (χ1) is 12.4. The van der Waals surface area contributed by atoms with Crippen molar-refractivity contribution in [3.8, 4) is 0 Å². The molecule has 1 heterocycles. The molecule has 0 aliphatic carbocycles. The number of benzene rings is 2. The van der Waals surface area contributed by atoms with E-state index in [4.69, 9.17) is 16.2 Å². The molecule has 26 heavy (non-hydrogen) atoms. The molecule has 0 bridgehead atoms. The fraction of sp³-hybridized carbons (Fsp3) is 0.250. The largest absolute Gasteiger partial charge is 0.474 e. The minimum Gasteiger partial charge on any atom is -0.474 e. The standard InChI is InChI=1S/C20H21N3O3/c21-18(22)15-6-3-13(4-7-15)1-2-14-5-8-17-12-23(19(24)20(25)26)10-9-16(17)11-14/h3-8,11H,1-2,9-10,12H2,(H3,21,22)(H,25,26). The molecule has 0 saturated carbocycles. The monoisotopic (exact) mass is 351 g/mol. The molecule has 4 N–H and O–H groups in total. The quantitative estimate of drug-likeness (QED) is 0.443. The molecular formula is C20H21N3O3. The molecule has 1 aliphatic rings. The molecule has 3 rings (SSSR count). The molecule has 134 valence electrons. The molecule has 0 saturated heterocycles. The van der Waals surface area contributed by atoms with Gasteiger partial charge in [-0.25, -0.2) is 4.79 Å². The summed E-state index contributed by atoms with van der Waals surface area (Å²) < 4.78 is 0. The van der Waals surface area contributed by atoms with Gasteiger partial charge in [-0.05, 0) is 41.5 Å². The number of carbonyl (C=O) groups excluding carboxylic acids is 1. The lowest BCUT2D eigenvalue weighted by molar-refractivity contribution is -0.156. The number of aryl methyl sites for hydroxylation is 2. The molecule has 1 aliphatic heterocycles. The fourth-order valence-corrected chi connectivity index (χ4v) is 3.21. The van der Waals surface area contributed by atoms with Crippen LogP contribution < -0.4 is 5.73 Å². The van der Waals surface area contributed by atoms with Crippen molar-refractivity contribution in [3.63, 3.8) is 0 Å². The highest BCUT2D eigenvalue weighted by atomic mass is 16.4. The third-order valence-electron chi connectivity index (χ3n) is 4.72. The number of amidine groups is 1. The summed E-state index contributed by atoms with van der Waals surface area (Å²) >= 11 is 0. The molecule has 6 nitrogen and oxygen atoms in total. The number of hydrogen-bond acceptors (Lipinski definition) is 3. The molecule has 0 spiro atoms. The maximum absolute atomic E-state index is 11.6. The molecule has 1 amide bonds. The van der Waals surface area contributed by atoms with E-state index in [2.05, 4.69) is 6.07 Å². The molecule has 0 aromatic heterocycles. The van der Waals surface area contributed by atoms with Crippen LogP contribution >= 0.6 is 0 Å². The van der Waals surface area contributed by atoms with Gasteiger partial charge in [-0.15, -0.1) is 0 Å². The number of amides is 1. The van der Waals surface area contributed by atoms with Crippen LogP contribution in [0, 0.1) is 5.41 Å². The number of carbonyl (C=O) groups is 2. The molecule has 0 radical (unpaired) electrons. The van der Waals surface area contributed by atoms with Gasteiger partial charge in [0.2, 0.25) is 0 Å². The first kappa shape index (κ1) is 17.7. The van der Waals surface area contributed by atoms with Gasteiger partial charge in [0.1, 0.15) is 5.84 Å². The van der Waals surface area contributed by atoms with Crippen LogP contribution in [0.1, 0.15) is 27.8 Å². The van der Waals surface area contributed by atoms with E-state index in [1.165, 1.54) is 21.6 Å². The van der Waals surface area contributed by atoms with Crippen molar-refractivity contribution < 1.29 is 14.7 Å². The SMILES string of the molecule is N=C(N)c1ccc(CCc2ccc3c(c2)CCN(C(=O)C(=O)O)C3)cc1. The van der Waals surface area contributed by atoms with Crippen LogP contribution in [0.15, 0.2) is 42.5 Å². The second-order valence-electron chi connectivity index (χ2n) is 6.50. The molecule has 0 fully saturated rings. The number of nitrogens with two attached hydrogens (primary N) is 1. The minimum absolute atomic E-state index is 0.0710. The van der Waals surface area contributed by atoms with Crippen molar-refractivity contribution in [2.24, 2.45) is 5.73 Å². The number of nitrogens with one attached hydrogen (secondary N) is 1. The summed E-state index contributed by atoms with van der Waals surface area (Å²) in [7, 11) is 0. The highest BCUT2D eigenvalue weighted by Gasteiger charge is 2.25. The Bertz CT molecular complexity index is 859. The van der Waals surface area contributed by atoms with E-state index in [1.807, 2.05) is 36.4 Å². The van der Waals surface area contributed by atoms with Crippen LogP contribution in [-0.2, 0) is 35.4 Å². The summed E-state index contributed by atoms with van der Waals surface area (Å²) in [5.74, 6) is -2.17.